The van der Waals surface area contributed by atoms with Crippen molar-refractivity contribution in [3.63, 3.8) is 0 Å². The molecule has 114 valence electrons. The van der Waals surface area contributed by atoms with Gasteiger partial charge in [0.05, 0.1) is 5.92 Å². The summed E-state index contributed by atoms with van der Waals surface area (Å²) < 4.78 is 5.67. The van der Waals surface area contributed by atoms with Gasteiger partial charge in [-0.25, -0.2) is 5.01 Å². The van der Waals surface area contributed by atoms with Crippen molar-refractivity contribution in [2.24, 2.45) is 5.92 Å². The van der Waals surface area contributed by atoms with Crippen LogP contribution in [0.15, 0.2) is 18.2 Å². The molecule has 1 amide bonds. The molecule has 0 bridgehead atoms. The molecule has 2 aliphatic heterocycles. The highest BCUT2D eigenvalue weighted by Gasteiger charge is 2.27. The van der Waals surface area contributed by atoms with Crippen LogP contribution in [0.2, 0.25) is 5.02 Å². The first-order valence-corrected chi connectivity index (χ1v) is 7.65. The zero-order valence-corrected chi connectivity index (χ0v) is 12.9. The molecule has 5 nitrogen and oxygen atoms in total. The highest BCUT2D eigenvalue weighted by atomic mass is 35.5. The Hall–Kier alpha value is -1.30. The maximum Gasteiger partial charge on any atom is 0.241 e. The number of carbonyl (C=O) groups is 1. The van der Waals surface area contributed by atoms with Crippen molar-refractivity contribution in [3.05, 3.63) is 28.8 Å². The molecule has 0 spiro atoms. The lowest BCUT2D eigenvalue weighted by Gasteiger charge is -2.34. The molecular weight excluding hydrogens is 290 g/mol. The molecule has 1 fully saturated rings. The lowest BCUT2D eigenvalue weighted by atomic mass is 9.96. The fourth-order valence-electron chi connectivity index (χ4n) is 2.70. The van der Waals surface area contributed by atoms with E-state index >= 15 is 0 Å². The molecule has 1 saturated heterocycles. The van der Waals surface area contributed by atoms with Gasteiger partial charge in [0.25, 0.3) is 0 Å². The summed E-state index contributed by atoms with van der Waals surface area (Å²) >= 11 is 6.00. The van der Waals surface area contributed by atoms with Crippen molar-refractivity contribution in [3.8, 4) is 5.75 Å². The summed E-state index contributed by atoms with van der Waals surface area (Å²) in [4.78, 5) is 14.6. The molecule has 0 aromatic heterocycles. The lowest BCUT2D eigenvalue weighted by Crippen LogP contribution is -2.54. The number of nitrogens with one attached hydrogen (secondary N) is 1. The van der Waals surface area contributed by atoms with Crippen molar-refractivity contribution in [2.45, 2.75) is 6.42 Å². The van der Waals surface area contributed by atoms with E-state index in [1.165, 1.54) is 0 Å². The van der Waals surface area contributed by atoms with Gasteiger partial charge in [-0.15, -0.1) is 0 Å². The van der Waals surface area contributed by atoms with E-state index in [0.29, 0.717) is 18.1 Å². The molecule has 0 saturated carbocycles. The third-order valence-corrected chi connectivity index (χ3v) is 4.31. The monoisotopic (exact) mass is 309 g/mol. The van der Waals surface area contributed by atoms with Crippen LogP contribution in [0.25, 0.3) is 0 Å². The number of fused-ring (bicyclic) bond motifs is 1. The summed E-state index contributed by atoms with van der Waals surface area (Å²) in [6.07, 6.45) is 0.676. The summed E-state index contributed by atoms with van der Waals surface area (Å²) in [6.45, 7) is 4.09. The van der Waals surface area contributed by atoms with Crippen molar-refractivity contribution in [1.29, 1.82) is 0 Å². The minimum Gasteiger partial charge on any atom is -0.492 e. The Morgan fingerprint density at radius 2 is 2.10 bits per heavy atom. The van der Waals surface area contributed by atoms with Crippen LogP contribution >= 0.6 is 11.6 Å². The van der Waals surface area contributed by atoms with Crippen molar-refractivity contribution in [1.82, 2.24) is 15.3 Å². The number of hydrogen-bond donors (Lipinski definition) is 1. The van der Waals surface area contributed by atoms with E-state index in [2.05, 4.69) is 17.4 Å². The third kappa shape index (κ3) is 3.48. The molecule has 2 aliphatic rings. The highest BCUT2D eigenvalue weighted by molar-refractivity contribution is 6.30. The topological polar surface area (TPSA) is 44.8 Å². The van der Waals surface area contributed by atoms with Crippen LogP contribution in [-0.2, 0) is 11.2 Å². The first kappa shape index (κ1) is 14.6. The van der Waals surface area contributed by atoms with Crippen LogP contribution in [-0.4, -0.2) is 55.6 Å². The number of ether oxygens (including phenoxy) is 1. The molecule has 0 radical (unpaired) electrons. The first-order valence-electron chi connectivity index (χ1n) is 7.27. The Morgan fingerprint density at radius 3 is 2.86 bits per heavy atom. The standard InChI is InChI=1S/C15H20ClN3O2/c1-18-4-6-19(7-5-18)17-15(20)12-8-11-9-13(16)2-3-14(11)21-10-12/h2-3,9,12H,4-8,10H2,1H3,(H,17,20)/t12-/m0/s1. The van der Waals surface area contributed by atoms with Gasteiger partial charge in [-0.3, -0.25) is 10.2 Å². The van der Waals surface area contributed by atoms with Gasteiger partial charge in [-0.2, -0.15) is 0 Å². The van der Waals surface area contributed by atoms with Gasteiger partial charge in [-0.1, -0.05) is 11.6 Å². The maximum atomic E-state index is 12.4. The molecule has 1 N–H and O–H groups in total. The zero-order valence-electron chi connectivity index (χ0n) is 12.1. The van der Waals surface area contributed by atoms with E-state index in [-0.39, 0.29) is 11.8 Å². The predicted octanol–water partition coefficient (Wildman–Crippen LogP) is 1.17. The fraction of sp³-hybridized carbons (Fsp3) is 0.533. The Bertz CT molecular complexity index is 530. The number of carbonyl (C=O) groups excluding carboxylic acids is 1. The molecule has 0 unspecified atom stereocenters. The van der Waals surface area contributed by atoms with E-state index in [1.807, 2.05) is 23.2 Å². The van der Waals surface area contributed by atoms with Crippen LogP contribution < -0.4 is 10.2 Å². The normalized spacial score (nSPS) is 23.2. The summed E-state index contributed by atoms with van der Waals surface area (Å²) in [5.41, 5.74) is 4.02. The number of hydrogen-bond acceptors (Lipinski definition) is 4. The van der Waals surface area contributed by atoms with E-state index in [0.717, 1.165) is 37.5 Å². The van der Waals surface area contributed by atoms with E-state index in [1.54, 1.807) is 0 Å². The SMILES string of the molecule is CN1CCN(NC(=O)[C@@H]2COc3ccc(Cl)cc3C2)CC1. The van der Waals surface area contributed by atoms with Crippen molar-refractivity contribution < 1.29 is 9.53 Å². The van der Waals surface area contributed by atoms with Crippen LogP contribution in [0.4, 0.5) is 0 Å². The van der Waals surface area contributed by atoms with E-state index in [4.69, 9.17) is 16.3 Å². The summed E-state index contributed by atoms with van der Waals surface area (Å²) in [6, 6.07) is 5.56. The van der Waals surface area contributed by atoms with Gasteiger partial charge in [0.2, 0.25) is 5.91 Å². The zero-order chi connectivity index (χ0) is 14.8. The van der Waals surface area contributed by atoms with Gasteiger partial charge in [0.15, 0.2) is 0 Å². The number of rotatable bonds is 2. The molecule has 2 heterocycles. The number of likely N-dealkylation sites (N-methyl/N-ethyl adjacent to an activating group) is 1. The Kier molecular flexibility index (Phi) is 4.33. The third-order valence-electron chi connectivity index (χ3n) is 4.07. The highest BCUT2D eigenvalue weighted by Crippen LogP contribution is 2.29. The van der Waals surface area contributed by atoms with Crippen LogP contribution in [0, 0.1) is 5.92 Å². The second-order valence-corrected chi connectivity index (χ2v) is 6.17. The summed E-state index contributed by atoms with van der Waals surface area (Å²) in [7, 11) is 2.09. The predicted molar refractivity (Wildman–Crippen MR) is 81.4 cm³/mol. The number of piperazine rings is 1. The number of halogens is 1. The van der Waals surface area contributed by atoms with Gasteiger partial charge in [0, 0.05) is 31.2 Å². The molecule has 6 heteroatoms. The second kappa shape index (κ2) is 6.22. The fourth-order valence-corrected chi connectivity index (χ4v) is 2.89. The summed E-state index contributed by atoms with van der Waals surface area (Å²) in [5.74, 6) is 0.712. The summed E-state index contributed by atoms with van der Waals surface area (Å²) in [5, 5.41) is 2.67. The lowest BCUT2D eigenvalue weighted by molar-refractivity contribution is -0.132. The number of amides is 1. The largest absolute Gasteiger partial charge is 0.492 e. The molecule has 3 rings (SSSR count). The van der Waals surface area contributed by atoms with E-state index in [9.17, 15) is 4.79 Å². The van der Waals surface area contributed by atoms with Crippen molar-refractivity contribution in [2.75, 3.05) is 39.8 Å². The van der Waals surface area contributed by atoms with Crippen LogP contribution in [0.1, 0.15) is 5.56 Å². The average molecular weight is 310 g/mol. The Balaban J connectivity index is 1.59. The quantitative estimate of drug-likeness (QED) is 0.891. The van der Waals surface area contributed by atoms with Gasteiger partial charge >= 0.3 is 0 Å². The minimum atomic E-state index is -0.157. The van der Waals surface area contributed by atoms with Gasteiger partial charge in [-0.05, 0) is 37.2 Å². The minimum absolute atomic E-state index is 0.0326. The van der Waals surface area contributed by atoms with Crippen LogP contribution in [0.3, 0.4) is 0 Å². The van der Waals surface area contributed by atoms with Gasteiger partial charge < -0.3 is 9.64 Å². The number of hydrazine groups is 1. The van der Waals surface area contributed by atoms with Crippen LogP contribution in [0.5, 0.6) is 5.75 Å². The second-order valence-electron chi connectivity index (χ2n) is 5.73. The molecule has 0 aliphatic carbocycles. The number of benzene rings is 1. The Morgan fingerprint density at radius 1 is 1.33 bits per heavy atom. The number of nitrogens with zero attached hydrogens (tertiary/aromatic N) is 2. The average Bonchev–Trinajstić information content (AvgIpc) is 2.48. The molecule has 1 atom stereocenters. The smallest absolute Gasteiger partial charge is 0.241 e. The van der Waals surface area contributed by atoms with Gasteiger partial charge in [0.1, 0.15) is 12.4 Å². The molecule has 1 aromatic carbocycles. The van der Waals surface area contributed by atoms with E-state index < -0.39 is 0 Å². The van der Waals surface area contributed by atoms with Crippen molar-refractivity contribution >= 4 is 17.5 Å². The molecular formula is C15H20ClN3O2. The first-order chi connectivity index (χ1) is 10.1. The Labute approximate surface area is 129 Å². The molecule has 1 aromatic rings. The molecule has 21 heavy (non-hydrogen) atoms. The maximum absolute atomic E-state index is 12.4.